The van der Waals surface area contributed by atoms with E-state index in [0.29, 0.717) is 6.54 Å². The van der Waals surface area contributed by atoms with Crippen molar-refractivity contribution in [2.75, 3.05) is 18.0 Å². The van der Waals surface area contributed by atoms with Crippen molar-refractivity contribution in [1.29, 1.82) is 0 Å². The molecular weight excluding hydrogens is 222 g/mol. The van der Waals surface area contributed by atoms with Gasteiger partial charge in [-0.3, -0.25) is 0 Å². The Hall–Kier alpha value is -1.87. The normalized spacial score (nSPS) is 15.3. The second-order valence-electron chi connectivity index (χ2n) is 4.56. The maximum absolute atomic E-state index is 5.78. The molecule has 0 fully saturated rings. The van der Waals surface area contributed by atoms with Crippen molar-refractivity contribution in [3.05, 3.63) is 48.2 Å². The highest BCUT2D eigenvalue weighted by atomic mass is 15.2. The molecule has 0 aliphatic carbocycles. The van der Waals surface area contributed by atoms with Crippen LogP contribution in [0.2, 0.25) is 0 Å². The Kier molecular flexibility index (Phi) is 2.99. The number of rotatable bonds is 2. The van der Waals surface area contributed by atoms with E-state index in [9.17, 15) is 0 Å². The van der Waals surface area contributed by atoms with E-state index >= 15 is 0 Å². The van der Waals surface area contributed by atoms with E-state index < -0.39 is 0 Å². The zero-order chi connectivity index (χ0) is 12.4. The lowest BCUT2D eigenvalue weighted by molar-refractivity contribution is 0.809. The van der Waals surface area contributed by atoms with Crippen LogP contribution in [-0.4, -0.2) is 18.1 Å². The van der Waals surface area contributed by atoms with E-state index in [4.69, 9.17) is 5.73 Å². The summed E-state index contributed by atoms with van der Waals surface area (Å²) in [5.41, 5.74) is 6.89. The van der Waals surface area contributed by atoms with E-state index in [2.05, 4.69) is 46.3 Å². The third-order valence-electron chi connectivity index (χ3n) is 3.43. The molecule has 2 heterocycles. The summed E-state index contributed by atoms with van der Waals surface area (Å²) >= 11 is 0. The molecule has 1 aliphatic heterocycles. The Balaban J connectivity index is 2.15. The summed E-state index contributed by atoms with van der Waals surface area (Å²) < 4.78 is 0. The van der Waals surface area contributed by atoms with Gasteiger partial charge in [-0.05, 0) is 17.4 Å². The molecule has 1 aromatic heterocycles. The van der Waals surface area contributed by atoms with Crippen LogP contribution in [0.1, 0.15) is 12.0 Å². The van der Waals surface area contributed by atoms with Gasteiger partial charge in [0.2, 0.25) is 0 Å². The zero-order valence-electron chi connectivity index (χ0n) is 10.3. The van der Waals surface area contributed by atoms with Crippen molar-refractivity contribution in [3.8, 4) is 0 Å². The maximum atomic E-state index is 5.78. The van der Waals surface area contributed by atoms with Gasteiger partial charge in [-0.2, -0.15) is 0 Å². The standard InChI is InChI=1S/C15H17N3/c16-10-12-11-17-15(18-8-4-1-5-9-18)14-7-3-2-6-13(12)14/h1-4,6-7,11H,5,8-10,16H2. The lowest BCUT2D eigenvalue weighted by atomic mass is 10.1. The summed E-state index contributed by atoms with van der Waals surface area (Å²) in [5.74, 6) is 1.08. The maximum Gasteiger partial charge on any atom is 0.136 e. The molecule has 3 nitrogen and oxygen atoms in total. The number of nitrogens with two attached hydrogens (primary N) is 1. The predicted octanol–water partition coefficient (Wildman–Crippen LogP) is 2.46. The molecule has 0 bridgehead atoms. The third kappa shape index (κ3) is 1.87. The molecule has 0 saturated carbocycles. The van der Waals surface area contributed by atoms with Gasteiger partial charge in [-0.1, -0.05) is 36.4 Å². The van der Waals surface area contributed by atoms with Crippen LogP contribution in [0.5, 0.6) is 0 Å². The topological polar surface area (TPSA) is 42.1 Å². The molecule has 0 saturated heterocycles. The number of nitrogens with zero attached hydrogens (tertiary/aromatic N) is 2. The SMILES string of the molecule is NCc1cnc(N2CC=CCC2)c2ccccc12. The second kappa shape index (κ2) is 4.78. The van der Waals surface area contributed by atoms with E-state index in [1.807, 2.05) is 6.20 Å². The van der Waals surface area contributed by atoms with E-state index in [1.54, 1.807) is 0 Å². The molecule has 0 unspecified atom stereocenters. The first kappa shape index (κ1) is 11.2. The Morgan fingerprint density at radius 3 is 2.72 bits per heavy atom. The van der Waals surface area contributed by atoms with Gasteiger partial charge in [0.05, 0.1) is 0 Å². The molecule has 0 spiro atoms. The van der Waals surface area contributed by atoms with Crippen molar-refractivity contribution in [2.24, 2.45) is 5.73 Å². The first-order valence-electron chi connectivity index (χ1n) is 6.37. The number of hydrogen-bond donors (Lipinski definition) is 1. The van der Waals surface area contributed by atoms with Crippen molar-refractivity contribution < 1.29 is 0 Å². The highest BCUT2D eigenvalue weighted by Gasteiger charge is 2.13. The minimum atomic E-state index is 0.535. The van der Waals surface area contributed by atoms with Crippen LogP contribution in [-0.2, 0) is 6.54 Å². The van der Waals surface area contributed by atoms with Gasteiger partial charge in [0.25, 0.3) is 0 Å². The Bertz CT molecular complexity index is 589. The number of hydrogen-bond acceptors (Lipinski definition) is 3. The first-order chi connectivity index (χ1) is 8.90. The lowest BCUT2D eigenvalue weighted by Crippen LogP contribution is -2.27. The molecule has 3 heteroatoms. The zero-order valence-corrected chi connectivity index (χ0v) is 10.3. The summed E-state index contributed by atoms with van der Waals surface area (Å²) in [4.78, 5) is 6.94. The smallest absolute Gasteiger partial charge is 0.136 e. The number of aromatic nitrogens is 1. The van der Waals surface area contributed by atoms with Crippen LogP contribution in [0.4, 0.5) is 5.82 Å². The fraction of sp³-hybridized carbons (Fsp3) is 0.267. The molecule has 18 heavy (non-hydrogen) atoms. The average Bonchev–Trinajstić information content (AvgIpc) is 2.47. The number of fused-ring (bicyclic) bond motifs is 1. The third-order valence-corrected chi connectivity index (χ3v) is 3.43. The van der Waals surface area contributed by atoms with Crippen molar-refractivity contribution in [1.82, 2.24) is 4.98 Å². The Morgan fingerprint density at radius 2 is 2.00 bits per heavy atom. The quantitative estimate of drug-likeness (QED) is 0.819. The second-order valence-corrected chi connectivity index (χ2v) is 4.56. The number of anilines is 1. The summed E-state index contributed by atoms with van der Waals surface area (Å²) in [6, 6.07) is 8.38. The van der Waals surface area contributed by atoms with Gasteiger partial charge in [-0.15, -0.1) is 0 Å². The van der Waals surface area contributed by atoms with Gasteiger partial charge in [0, 0.05) is 31.2 Å². The molecule has 0 radical (unpaired) electrons. The monoisotopic (exact) mass is 239 g/mol. The minimum absolute atomic E-state index is 0.535. The molecule has 1 aromatic carbocycles. The fourth-order valence-corrected chi connectivity index (χ4v) is 2.48. The molecule has 3 rings (SSSR count). The Morgan fingerprint density at radius 1 is 1.17 bits per heavy atom. The molecule has 0 amide bonds. The molecule has 2 N–H and O–H groups in total. The van der Waals surface area contributed by atoms with Crippen LogP contribution in [0.15, 0.2) is 42.6 Å². The summed E-state index contributed by atoms with van der Waals surface area (Å²) in [6.45, 7) is 2.52. The molecule has 1 aliphatic rings. The van der Waals surface area contributed by atoms with Crippen molar-refractivity contribution in [3.63, 3.8) is 0 Å². The van der Waals surface area contributed by atoms with Gasteiger partial charge in [0.15, 0.2) is 0 Å². The number of pyridine rings is 1. The van der Waals surface area contributed by atoms with Crippen LogP contribution in [0.25, 0.3) is 10.8 Å². The highest BCUT2D eigenvalue weighted by Crippen LogP contribution is 2.27. The Labute approximate surface area is 107 Å². The summed E-state index contributed by atoms with van der Waals surface area (Å²) in [5, 5.41) is 2.43. The van der Waals surface area contributed by atoms with E-state index in [1.165, 1.54) is 10.8 Å². The van der Waals surface area contributed by atoms with Crippen LogP contribution in [0, 0.1) is 0 Å². The fourth-order valence-electron chi connectivity index (χ4n) is 2.48. The average molecular weight is 239 g/mol. The van der Waals surface area contributed by atoms with E-state index in [-0.39, 0.29) is 0 Å². The molecule has 2 aromatic rings. The highest BCUT2D eigenvalue weighted by molar-refractivity contribution is 5.94. The van der Waals surface area contributed by atoms with Crippen LogP contribution in [0.3, 0.4) is 0 Å². The molecule has 92 valence electrons. The van der Waals surface area contributed by atoms with Crippen LogP contribution < -0.4 is 10.6 Å². The molecular formula is C15H17N3. The first-order valence-corrected chi connectivity index (χ1v) is 6.37. The van der Waals surface area contributed by atoms with Crippen molar-refractivity contribution in [2.45, 2.75) is 13.0 Å². The lowest BCUT2D eigenvalue weighted by Gasteiger charge is -2.26. The predicted molar refractivity (Wildman–Crippen MR) is 75.6 cm³/mol. The summed E-state index contributed by atoms with van der Waals surface area (Å²) in [7, 11) is 0. The summed E-state index contributed by atoms with van der Waals surface area (Å²) in [6.07, 6.45) is 7.44. The van der Waals surface area contributed by atoms with Crippen molar-refractivity contribution >= 4 is 16.6 Å². The largest absolute Gasteiger partial charge is 0.352 e. The van der Waals surface area contributed by atoms with Gasteiger partial charge < -0.3 is 10.6 Å². The minimum Gasteiger partial charge on any atom is -0.352 e. The molecule has 0 atom stereocenters. The number of benzene rings is 1. The van der Waals surface area contributed by atoms with Gasteiger partial charge >= 0.3 is 0 Å². The van der Waals surface area contributed by atoms with Gasteiger partial charge in [-0.25, -0.2) is 4.98 Å². The van der Waals surface area contributed by atoms with E-state index in [0.717, 1.165) is 30.9 Å². The van der Waals surface area contributed by atoms with Gasteiger partial charge in [0.1, 0.15) is 5.82 Å². The van der Waals surface area contributed by atoms with Crippen LogP contribution >= 0.6 is 0 Å².